The number of hydrogen-bond donors (Lipinski definition) is 6. The van der Waals surface area contributed by atoms with Crippen LogP contribution in [0, 0.1) is 11.3 Å². The minimum Gasteiger partial charge on any atom is -0.496 e. The fraction of sp³-hybridized carbons (Fsp3) is 0.661. The van der Waals surface area contributed by atoms with Crippen LogP contribution in [0.5, 0.6) is 5.75 Å². The maximum atomic E-state index is 15.6. The molecule has 13 atom stereocenters. The fourth-order valence-corrected chi connectivity index (χ4v) is 15.8. The smallest absolute Gasteiger partial charge is 0.328 e. The van der Waals surface area contributed by atoms with Gasteiger partial charge in [0.05, 0.1) is 45.2 Å². The minimum atomic E-state index is -2.41. The largest absolute Gasteiger partial charge is 0.496 e. The van der Waals surface area contributed by atoms with E-state index in [1.165, 1.54) is 21.1 Å². The van der Waals surface area contributed by atoms with Crippen LogP contribution in [0.2, 0.25) is 0 Å². The summed E-state index contributed by atoms with van der Waals surface area (Å²) >= 11 is 0. The lowest BCUT2D eigenvalue weighted by Crippen LogP contribution is -2.81. The number of piperidine rings is 1. The summed E-state index contributed by atoms with van der Waals surface area (Å²) in [5.41, 5.74) is -0.330. The molecule has 5 aliphatic heterocycles. The zero-order chi connectivity index (χ0) is 58.9. The number of amides is 2. The standard InChI is InChI=1S/C62H87N5O15/c1-9-41(35-68)82-51(78-7)36-81-50(70)20-14-19-49(69)64-38(4)52(71)80-28-16-24-63-56(73)62(76)54-60(23-27-67-25-15-22-59(11-3,53(60)67)55(62)72)45-30-46(48(77-6)31-47(45)65(54)5)61(57(74)79-8)33-39-32-58(75,10-2)37-66(34-39)26-21-43-42-18-13-12-17-40(42)29-44(43)61/h12-13,15,17-18,22,30-31,38-39,41,51,53-55,68,72,75-76H,9-11,14,16,19-21,23-29,32-37H2,1-8H3,(H,63,73)(H,64,69)/t38-,39+,41?,51?,53?,54?,55+,58?,59+,60?,61+,62-/m0/s1. The molecule has 0 radical (unpaired) electrons. The van der Waals surface area contributed by atoms with Crippen molar-refractivity contribution in [3.8, 4) is 5.75 Å². The van der Waals surface area contributed by atoms with E-state index in [4.69, 9.17) is 28.4 Å². The van der Waals surface area contributed by atoms with Crippen molar-refractivity contribution in [2.24, 2.45) is 11.3 Å². The first kappa shape index (κ1) is 61.1. The third kappa shape index (κ3) is 10.5. The van der Waals surface area contributed by atoms with Crippen molar-refractivity contribution in [1.82, 2.24) is 20.4 Å². The second-order valence-corrected chi connectivity index (χ2v) is 24.0. The molecule has 9 rings (SSSR count). The quantitative estimate of drug-likeness (QED) is 0.0306. The molecule has 7 aliphatic rings. The number of aliphatic hydroxyl groups is 4. The molecule has 0 aromatic heterocycles. The first-order chi connectivity index (χ1) is 39.3. The van der Waals surface area contributed by atoms with E-state index in [2.05, 4.69) is 38.6 Å². The van der Waals surface area contributed by atoms with Crippen LogP contribution < -0.4 is 20.3 Å². The molecule has 1 spiro atoms. The van der Waals surface area contributed by atoms with Crippen LogP contribution in [0.4, 0.5) is 5.69 Å². The van der Waals surface area contributed by atoms with Gasteiger partial charge in [-0.05, 0) is 117 Å². The molecule has 6 N–H and O–H groups in total. The van der Waals surface area contributed by atoms with E-state index in [0.717, 1.165) is 27.8 Å². The molecule has 2 saturated heterocycles. The van der Waals surface area contributed by atoms with Crippen LogP contribution in [0.25, 0.3) is 5.57 Å². The zero-order valence-electron chi connectivity index (χ0n) is 49.1. The molecule has 1 saturated carbocycles. The second-order valence-electron chi connectivity index (χ2n) is 24.0. The van der Waals surface area contributed by atoms with Crippen molar-refractivity contribution in [2.45, 2.75) is 163 Å². The molecule has 2 aromatic carbocycles. The Labute approximate surface area is 481 Å². The number of carbonyl (C=O) groups excluding carboxylic acids is 5. The van der Waals surface area contributed by atoms with Crippen LogP contribution in [-0.2, 0) is 64.9 Å². The molecule has 2 aliphatic carbocycles. The molecule has 2 amide bonds. The number of anilines is 1. The summed E-state index contributed by atoms with van der Waals surface area (Å²) in [5, 5.41) is 53.6. The number of ether oxygens (including phenoxy) is 6. The average Bonchev–Trinajstić information content (AvgIpc) is 3.18. The first-order valence-corrected chi connectivity index (χ1v) is 29.6. The highest BCUT2D eigenvalue weighted by atomic mass is 16.7. The van der Waals surface area contributed by atoms with Crippen molar-refractivity contribution in [3.63, 3.8) is 0 Å². The molecule has 82 heavy (non-hydrogen) atoms. The van der Waals surface area contributed by atoms with Gasteiger partial charge in [-0.2, -0.15) is 0 Å². The molecular formula is C62H87N5O15. The normalized spacial score (nSPS) is 31.6. The van der Waals surface area contributed by atoms with Crippen LogP contribution in [0.15, 0.2) is 54.1 Å². The lowest BCUT2D eigenvalue weighted by Gasteiger charge is -2.63. The molecule has 7 unspecified atom stereocenters. The van der Waals surface area contributed by atoms with Gasteiger partial charge >= 0.3 is 17.9 Å². The molecule has 20 nitrogen and oxygen atoms in total. The van der Waals surface area contributed by atoms with Gasteiger partial charge in [-0.25, -0.2) is 4.79 Å². The molecule has 2 aromatic rings. The Hall–Kier alpha value is -5.45. The number of benzene rings is 2. The molecule has 2 bridgehead atoms. The average molecular weight is 1140 g/mol. The Morgan fingerprint density at radius 2 is 1.71 bits per heavy atom. The van der Waals surface area contributed by atoms with Gasteiger partial charge in [0.15, 0.2) is 11.9 Å². The summed E-state index contributed by atoms with van der Waals surface area (Å²) in [7, 11) is 6.28. The number of likely N-dealkylation sites (N-methyl/N-ethyl adjacent to an activating group) is 1. The van der Waals surface area contributed by atoms with Crippen LogP contribution in [-0.4, -0.2) is 195 Å². The highest BCUT2D eigenvalue weighted by Gasteiger charge is 2.78. The molecule has 20 heteroatoms. The monoisotopic (exact) mass is 1140 g/mol. The lowest BCUT2D eigenvalue weighted by atomic mass is 9.47. The van der Waals surface area contributed by atoms with Crippen molar-refractivity contribution in [1.29, 1.82) is 0 Å². The first-order valence-electron chi connectivity index (χ1n) is 29.6. The zero-order valence-corrected chi connectivity index (χ0v) is 49.1. The number of esters is 3. The summed E-state index contributed by atoms with van der Waals surface area (Å²) in [4.78, 5) is 75.5. The Balaban J connectivity index is 0.957. The van der Waals surface area contributed by atoms with Crippen molar-refractivity contribution in [2.75, 3.05) is 92.4 Å². The topological polar surface area (TPSA) is 255 Å². The highest BCUT2D eigenvalue weighted by molar-refractivity contribution is 5.96. The van der Waals surface area contributed by atoms with Gasteiger partial charge in [-0.15, -0.1) is 0 Å². The number of carbonyl (C=O) groups is 5. The maximum Gasteiger partial charge on any atom is 0.328 e. The van der Waals surface area contributed by atoms with Gasteiger partial charge in [0, 0.05) is 93.9 Å². The van der Waals surface area contributed by atoms with Crippen LogP contribution in [0.1, 0.15) is 121 Å². The van der Waals surface area contributed by atoms with Gasteiger partial charge in [-0.1, -0.05) is 57.2 Å². The number of aliphatic hydroxyl groups excluding tert-OH is 2. The van der Waals surface area contributed by atoms with Crippen molar-refractivity contribution >= 4 is 41.0 Å². The number of nitrogens with one attached hydrogen (secondary N) is 2. The maximum absolute atomic E-state index is 15.6. The summed E-state index contributed by atoms with van der Waals surface area (Å²) < 4.78 is 33.9. The van der Waals surface area contributed by atoms with Gasteiger partial charge < -0.3 is 64.4 Å². The number of fused-ring (bicyclic) bond motifs is 5. The third-order valence-corrected chi connectivity index (χ3v) is 19.6. The van der Waals surface area contributed by atoms with E-state index >= 15 is 9.59 Å². The summed E-state index contributed by atoms with van der Waals surface area (Å²) in [5.74, 6) is -2.59. The van der Waals surface area contributed by atoms with Gasteiger partial charge in [0.1, 0.15) is 29.9 Å². The Kier molecular flexibility index (Phi) is 18.4. The predicted molar refractivity (Wildman–Crippen MR) is 303 cm³/mol. The summed E-state index contributed by atoms with van der Waals surface area (Å²) in [6, 6.07) is 10.0. The molecule has 3 fully saturated rings. The van der Waals surface area contributed by atoms with E-state index in [-0.39, 0.29) is 64.0 Å². The van der Waals surface area contributed by atoms with E-state index in [1.807, 2.05) is 63.1 Å². The molecular weight excluding hydrogens is 1050 g/mol. The highest BCUT2D eigenvalue weighted by Crippen LogP contribution is 2.68. The van der Waals surface area contributed by atoms with E-state index < -0.39 is 87.8 Å². The van der Waals surface area contributed by atoms with Crippen molar-refractivity contribution < 1.29 is 72.8 Å². The Morgan fingerprint density at radius 3 is 2.41 bits per heavy atom. The van der Waals surface area contributed by atoms with Gasteiger partial charge in [0.2, 0.25) is 5.91 Å². The number of hydrogen-bond acceptors (Lipinski definition) is 18. The second kappa shape index (κ2) is 24.6. The number of methoxy groups -OCH3 is 3. The third-order valence-electron chi connectivity index (χ3n) is 19.6. The van der Waals surface area contributed by atoms with E-state index in [9.17, 15) is 34.8 Å². The number of rotatable bonds is 23. The van der Waals surface area contributed by atoms with Gasteiger partial charge in [0.25, 0.3) is 5.91 Å². The van der Waals surface area contributed by atoms with Crippen LogP contribution in [0.3, 0.4) is 0 Å². The molecule has 450 valence electrons. The fourth-order valence-electron chi connectivity index (χ4n) is 15.8. The van der Waals surface area contributed by atoms with E-state index in [1.54, 1.807) is 7.11 Å². The molecule has 5 heterocycles. The Morgan fingerprint density at radius 1 is 0.927 bits per heavy atom. The lowest BCUT2D eigenvalue weighted by molar-refractivity contribution is -0.203. The SMILES string of the molecule is CCC(CO)OC(COC(=O)CCCC(=O)N[C@@H](C)C(=O)OCCCNC(=O)[C@]1(O)C2N(C)c3cc(OC)c([C@@]4(C(=O)OC)C[C@@H]5CN(CCC6=C4Cc4ccccc46)CC(O)(CC)C5)cc3C23CCN2CC=C[C@](CC)(C23)[C@H]1O)OC. The Bertz CT molecular complexity index is 2790. The minimum absolute atomic E-state index is 0.0258. The number of nitrogens with zero attached hydrogens (tertiary/aromatic N) is 3. The summed E-state index contributed by atoms with van der Waals surface area (Å²) in [6.45, 7) is 9.95. The van der Waals surface area contributed by atoms with Gasteiger partial charge in [-0.3, -0.25) is 29.0 Å². The van der Waals surface area contributed by atoms with Crippen LogP contribution >= 0.6 is 0 Å². The summed E-state index contributed by atoms with van der Waals surface area (Å²) in [6.07, 6.45) is 5.37. The van der Waals surface area contributed by atoms with Crippen molar-refractivity contribution in [3.05, 3.63) is 76.4 Å². The predicted octanol–water partition coefficient (Wildman–Crippen LogP) is 3.60. The van der Waals surface area contributed by atoms with E-state index in [0.29, 0.717) is 101 Å².